The largest absolute Gasteiger partial charge is 0.413 e. The average molecular weight is 354 g/mol. The first-order chi connectivity index (χ1) is 11.4. The van der Waals surface area contributed by atoms with Crippen molar-refractivity contribution in [2.45, 2.75) is 18.6 Å². The van der Waals surface area contributed by atoms with Gasteiger partial charge in [-0.05, 0) is 24.1 Å². The van der Waals surface area contributed by atoms with Gasteiger partial charge in [-0.25, -0.2) is 4.98 Å². The van der Waals surface area contributed by atoms with Crippen LogP contribution in [0.1, 0.15) is 17.2 Å². The molecule has 1 atom stereocenters. The molecule has 0 N–H and O–H groups in total. The van der Waals surface area contributed by atoms with Gasteiger partial charge in [0.05, 0.1) is 0 Å². The van der Waals surface area contributed by atoms with Crippen molar-refractivity contribution in [3.8, 4) is 0 Å². The highest BCUT2D eigenvalue weighted by Gasteiger charge is 2.47. The summed E-state index contributed by atoms with van der Waals surface area (Å²) in [6, 6.07) is 4.03. The first-order valence-electron chi connectivity index (χ1n) is 7.21. The van der Waals surface area contributed by atoms with Crippen LogP contribution < -0.4 is 4.90 Å². The number of rotatable bonds is 2. The van der Waals surface area contributed by atoms with Crippen molar-refractivity contribution in [1.82, 2.24) is 19.6 Å². The number of alkyl halides is 3. The Hall–Kier alpha value is -2.35. The van der Waals surface area contributed by atoms with E-state index in [-0.39, 0.29) is 22.9 Å². The summed E-state index contributed by atoms with van der Waals surface area (Å²) in [5, 5.41) is 4.29. The number of hydrogen-bond donors (Lipinski definition) is 0. The van der Waals surface area contributed by atoms with Crippen LogP contribution in [0.2, 0.25) is 5.02 Å². The van der Waals surface area contributed by atoms with Crippen molar-refractivity contribution in [2.75, 3.05) is 11.4 Å². The molecule has 5 nitrogen and oxygen atoms in total. The lowest BCUT2D eigenvalue weighted by atomic mass is 10.1. The van der Waals surface area contributed by atoms with Crippen molar-refractivity contribution < 1.29 is 13.2 Å². The fourth-order valence-corrected chi connectivity index (χ4v) is 3.30. The minimum atomic E-state index is -4.47. The summed E-state index contributed by atoms with van der Waals surface area (Å²) in [5.41, 5.74) is 0.803. The van der Waals surface area contributed by atoms with Crippen molar-refractivity contribution in [3.05, 3.63) is 52.9 Å². The summed E-state index contributed by atoms with van der Waals surface area (Å²) in [6.45, 7) is 0.215. The second kappa shape index (κ2) is 5.34. The molecule has 1 aliphatic heterocycles. The van der Waals surface area contributed by atoms with Crippen LogP contribution in [-0.2, 0) is 6.42 Å². The minimum absolute atomic E-state index is 0.0907. The molecule has 2 aromatic heterocycles. The van der Waals surface area contributed by atoms with Crippen LogP contribution >= 0.6 is 11.6 Å². The molecular weight excluding hydrogens is 343 g/mol. The third kappa shape index (κ3) is 2.37. The first-order valence-corrected chi connectivity index (χ1v) is 7.59. The van der Waals surface area contributed by atoms with Gasteiger partial charge in [-0.15, -0.1) is 0 Å². The fourth-order valence-electron chi connectivity index (χ4n) is 3.11. The van der Waals surface area contributed by atoms with Gasteiger partial charge in [0.15, 0.2) is 6.04 Å². The molecule has 124 valence electrons. The Morgan fingerprint density at radius 1 is 1.21 bits per heavy atom. The number of anilines is 1. The van der Waals surface area contributed by atoms with Crippen molar-refractivity contribution in [3.63, 3.8) is 0 Å². The minimum Gasteiger partial charge on any atom is -0.340 e. The summed E-state index contributed by atoms with van der Waals surface area (Å²) in [5.74, 6) is 0.646. The number of fused-ring (bicyclic) bond motifs is 3. The number of hydrogen-bond acceptors (Lipinski definition) is 4. The lowest BCUT2D eigenvalue weighted by Crippen LogP contribution is -2.38. The van der Waals surface area contributed by atoms with Crippen LogP contribution in [0.25, 0.3) is 5.78 Å². The van der Waals surface area contributed by atoms with Crippen LogP contribution in [0.15, 0.2) is 36.8 Å². The maximum Gasteiger partial charge on any atom is 0.413 e. The van der Waals surface area contributed by atoms with Gasteiger partial charge in [0.2, 0.25) is 0 Å². The van der Waals surface area contributed by atoms with E-state index in [0.717, 1.165) is 0 Å². The maximum absolute atomic E-state index is 13.9. The van der Waals surface area contributed by atoms with Crippen LogP contribution in [0.4, 0.5) is 19.0 Å². The average Bonchev–Trinajstić information content (AvgIpc) is 3.12. The lowest BCUT2D eigenvalue weighted by Gasteiger charge is -2.32. The Balaban J connectivity index is 1.89. The van der Waals surface area contributed by atoms with Gasteiger partial charge in [0.1, 0.15) is 12.1 Å². The molecule has 1 aliphatic rings. The van der Waals surface area contributed by atoms with Gasteiger partial charge in [-0.2, -0.15) is 27.8 Å². The summed E-state index contributed by atoms with van der Waals surface area (Å²) in [7, 11) is 0. The standard InChI is InChI=1S/C15H11ClF3N5/c16-11-3-1-2-9(6-11)12(15(17,18)19)23-5-4-10-7-20-14-21-8-22-24(14)13(10)23/h1-3,6-8,12H,4-5H2. The van der Waals surface area contributed by atoms with Gasteiger partial charge in [0.25, 0.3) is 5.78 Å². The Morgan fingerprint density at radius 2 is 2.04 bits per heavy atom. The normalized spacial score (nSPS) is 15.8. The Bertz CT molecular complexity index is 908. The van der Waals surface area contributed by atoms with E-state index in [4.69, 9.17) is 11.6 Å². The number of nitrogens with zero attached hydrogens (tertiary/aromatic N) is 5. The molecule has 0 radical (unpaired) electrons. The highest BCUT2D eigenvalue weighted by molar-refractivity contribution is 6.30. The molecule has 1 aromatic carbocycles. The van der Waals surface area contributed by atoms with E-state index in [2.05, 4.69) is 15.1 Å². The number of halogens is 4. The number of aromatic nitrogens is 4. The zero-order valence-corrected chi connectivity index (χ0v) is 13.0. The van der Waals surface area contributed by atoms with Crippen LogP contribution in [-0.4, -0.2) is 32.3 Å². The highest BCUT2D eigenvalue weighted by Crippen LogP contribution is 2.43. The second-order valence-corrected chi connectivity index (χ2v) is 5.96. The molecule has 3 heterocycles. The second-order valence-electron chi connectivity index (χ2n) is 5.52. The fraction of sp³-hybridized carbons (Fsp3) is 0.267. The van der Waals surface area contributed by atoms with E-state index in [0.29, 0.717) is 17.8 Å². The molecule has 4 rings (SSSR count). The van der Waals surface area contributed by atoms with Gasteiger partial charge in [-0.3, -0.25) is 0 Å². The third-order valence-electron chi connectivity index (χ3n) is 4.03. The molecule has 0 bridgehead atoms. The molecular formula is C15H11ClF3N5. The molecule has 0 saturated carbocycles. The van der Waals surface area contributed by atoms with E-state index < -0.39 is 12.2 Å². The molecule has 0 fully saturated rings. The van der Waals surface area contributed by atoms with E-state index in [9.17, 15) is 13.2 Å². The Morgan fingerprint density at radius 3 is 2.79 bits per heavy atom. The predicted octanol–water partition coefficient (Wildman–Crippen LogP) is 3.44. The van der Waals surface area contributed by atoms with Crippen LogP contribution in [0.3, 0.4) is 0 Å². The maximum atomic E-state index is 13.9. The SMILES string of the molecule is FC(F)(F)C(c1cccc(Cl)c1)N1CCc2cnc3ncnn3c21. The lowest BCUT2D eigenvalue weighted by molar-refractivity contribution is -0.150. The van der Waals surface area contributed by atoms with E-state index >= 15 is 0 Å². The van der Waals surface area contributed by atoms with Gasteiger partial charge in [-0.1, -0.05) is 23.7 Å². The topological polar surface area (TPSA) is 46.3 Å². The van der Waals surface area contributed by atoms with E-state index in [1.54, 1.807) is 12.3 Å². The predicted molar refractivity (Wildman–Crippen MR) is 82.1 cm³/mol. The van der Waals surface area contributed by atoms with E-state index in [1.807, 2.05) is 0 Å². The third-order valence-corrected chi connectivity index (χ3v) is 4.27. The van der Waals surface area contributed by atoms with Crippen LogP contribution in [0.5, 0.6) is 0 Å². The Labute approximate surface area is 139 Å². The summed E-state index contributed by atoms with van der Waals surface area (Å²) >= 11 is 5.90. The molecule has 3 aromatic rings. The smallest absolute Gasteiger partial charge is 0.340 e. The van der Waals surface area contributed by atoms with Crippen molar-refractivity contribution >= 4 is 23.2 Å². The number of benzene rings is 1. The molecule has 0 spiro atoms. The molecule has 0 amide bonds. The van der Waals surface area contributed by atoms with E-state index in [1.165, 1.54) is 33.9 Å². The monoisotopic (exact) mass is 353 g/mol. The Kier molecular flexibility index (Phi) is 3.38. The summed E-state index contributed by atoms with van der Waals surface area (Å²) < 4.78 is 42.9. The zero-order valence-electron chi connectivity index (χ0n) is 12.2. The molecule has 0 aliphatic carbocycles. The summed E-state index contributed by atoms with van der Waals surface area (Å²) in [6.07, 6.45) is -1.17. The quantitative estimate of drug-likeness (QED) is 0.708. The first kappa shape index (κ1) is 15.2. The van der Waals surface area contributed by atoms with Crippen LogP contribution in [0, 0.1) is 0 Å². The van der Waals surface area contributed by atoms with Crippen molar-refractivity contribution in [1.29, 1.82) is 0 Å². The molecule has 0 saturated heterocycles. The van der Waals surface area contributed by atoms with Crippen molar-refractivity contribution in [2.24, 2.45) is 0 Å². The molecule has 9 heteroatoms. The van der Waals surface area contributed by atoms with Gasteiger partial charge in [0, 0.05) is 23.3 Å². The van der Waals surface area contributed by atoms with Gasteiger partial charge >= 0.3 is 6.18 Å². The van der Waals surface area contributed by atoms with Gasteiger partial charge < -0.3 is 4.90 Å². The zero-order chi connectivity index (χ0) is 16.9. The molecule has 24 heavy (non-hydrogen) atoms. The highest BCUT2D eigenvalue weighted by atomic mass is 35.5. The summed E-state index contributed by atoms with van der Waals surface area (Å²) in [4.78, 5) is 9.36. The molecule has 1 unspecified atom stereocenters.